The zero-order valence-corrected chi connectivity index (χ0v) is 22.3. The molecule has 1 saturated heterocycles. The van der Waals surface area contributed by atoms with Gasteiger partial charge in [-0.1, -0.05) is 52.1 Å². The predicted octanol–water partition coefficient (Wildman–Crippen LogP) is 3.65. The third kappa shape index (κ3) is 6.55. The van der Waals surface area contributed by atoms with Crippen molar-refractivity contribution in [1.82, 2.24) is 19.2 Å². The highest BCUT2D eigenvalue weighted by Gasteiger charge is 2.24. The number of piperazine rings is 1. The second-order valence-corrected chi connectivity index (χ2v) is 10.2. The van der Waals surface area contributed by atoms with Gasteiger partial charge in [0.25, 0.3) is 5.56 Å². The molecule has 0 amide bonds. The van der Waals surface area contributed by atoms with Crippen molar-refractivity contribution in [3.05, 3.63) is 63.5 Å². The van der Waals surface area contributed by atoms with Gasteiger partial charge in [0.1, 0.15) is 11.9 Å². The number of hydrogen-bond donors (Lipinski definition) is 0. The maximum absolute atomic E-state index is 12.1. The quantitative estimate of drug-likeness (QED) is 0.419. The highest BCUT2D eigenvalue weighted by Crippen LogP contribution is 2.38. The fourth-order valence-corrected chi connectivity index (χ4v) is 4.28. The molecule has 1 aliphatic heterocycles. The second-order valence-electron chi connectivity index (χ2n) is 10.2. The summed E-state index contributed by atoms with van der Waals surface area (Å²) in [5.41, 5.74) is 2.60. The molecule has 0 N–H and O–H groups in total. The molecule has 0 radical (unpaired) electrons. The lowest BCUT2D eigenvalue weighted by molar-refractivity contribution is 0.175. The highest BCUT2D eigenvalue weighted by atomic mass is 16.5. The molecule has 0 atom stereocenters. The Hall–Kier alpha value is -3.13. The van der Waals surface area contributed by atoms with Crippen molar-refractivity contribution in [1.29, 1.82) is 0 Å². The molecule has 3 rings (SSSR count). The predicted molar refractivity (Wildman–Crippen MR) is 148 cm³/mol. The van der Waals surface area contributed by atoms with Gasteiger partial charge in [0.2, 0.25) is 0 Å². The molecule has 2 heterocycles. The average Bonchev–Trinajstić information content (AvgIpc) is 2.89. The number of unbranched alkanes of at least 4 members (excludes halogenated alkanes) is 1. The Labute approximate surface area is 214 Å². The van der Waals surface area contributed by atoms with E-state index in [2.05, 4.69) is 61.0 Å². The van der Waals surface area contributed by atoms with Gasteiger partial charge in [0.05, 0.1) is 12.3 Å². The molecule has 2 aromatic rings. The Morgan fingerprint density at radius 2 is 1.75 bits per heavy atom. The number of anilines is 1. The van der Waals surface area contributed by atoms with Crippen LogP contribution in [0.25, 0.3) is 12.2 Å². The lowest BCUT2D eigenvalue weighted by Gasteiger charge is -2.38. The Morgan fingerprint density at radius 3 is 2.39 bits per heavy atom. The van der Waals surface area contributed by atoms with Gasteiger partial charge in [-0.05, 0) is 42.9 Å². The van der Waals surface area contributed by atoms with Gasteiger partial charge in [0.15, 0.2) is 0 Å². The van der Waals surface area contributed by atoms with E-state index in [-0.39, 0.29) is 16.7 Å². The van der Waals surface area contributed by atoms with E-state index in [1.165, 1.54) is 17.9 Å². The van der Waals surface area contributed by atoms with Crippen molar-refractivity contribution in [2.24, 2.45) is 12.5 Å². The molecule has 0 bridgehead atoms. The summed E-state index contributed by atoms with van der Waals surface area (Å²) in [6, 6.07) is 4.12. The van der Waals surface area contributed by atoms with Gasteiger partial charge in [-0.2, -0.15) is 5.10 Å². The van der Waals surface area contributed by atoms with Crippen LogP contribution in [0.1, 0.15) is 51.2 Å². The minimum absolute atomic E-state index is 0.108. The van der Waals surface area contributed by atoms with E-state index in [0.717, 1.165) is 79.1 Å². The topological polar surface area (TPSA) is 72.6 Å². The summed E-state index contributed by atoms with van der Waals surface area (Å²) in [7, 11) is 1.48. The van der Waals surface area contributed by atoms with Gasteiger partial charge in [-0.15, -0.1) is 0 Å². The smallest absolute Gasteiger partial charge is 0.347 e. The van der Waals surface area contributed by atoms with Crippen molar-refractivity contribution >= 4 is 17.8 Å². The summed E-state index contributed by atoms with van der Waals surface area (Å²) in [5, 5.41) is 3.96. The number of ether oxygens (including phenoxy) is 1. The van der Waals surface area contributed by atoms with Crippen LogP contribution in [0.2, 0.25) is 0 Å². The molecule has 0 unspecified atom stereocenters. The van der Waals surface area contributed by atoms with Crippen LogP contribution in [-0.4, -0.2) is 58.6 Å². The van der Waals surface area contributed by atoms with Crippen LogP contribution in [0, 0.1) is 5.41 Å². The number of benzene rings is 1. The van der Waals surface area contributed by atoms with E-state index in [1.807, 2.05) is 12.2 Å². The van der Waals surface area contributed by atoms with Crippen molar-refractivity contribution in [2.75, 3.05) is 44.2 Å². The van der Waals surface area contributed by atoms with Crippen LogP contribution < -0.4 is 20.9 Å². The summed E-state index contributed by atoms with van der Waals surface area (Å²) in [6.45, 7) is 20.5. The number of nitrogens with zero attached hydrogens (tertiary/aromatic N) is 5. The van der Waals surface area contributed by atoms with E-state index in [0.29, 0.717) is 13.2 Å². The van der Waals surface area contributed by atoms with Crippen LogP contribution >= 0.6 is 0 Å². The van der Waals surface area contributed by atoms with Crippen molar-refractivity contribution in [3.63, 3.8) is 0 Å². The Bertz CT molecular complexity index is 1170. The zero-order chi connectivity index (χ0) is 26.3. The van der Waals surface area contributed by atoms with E-state index in [4.69, 9.17) is 4.74 Å². The molecule has 0 saturated carbocycles. The molecule has 196 valence electrons. The lowest BCUT2D eigenvalue weighted by atomic mass is 9.91. The summed E-state index contributed by atoms with van der Waals surface area (Å²) >= 11 is 0. The van der Waals surface area contributed by atoms with Crippen LogP contribution in [0.5, 0.6) is 5.75 Å². The largest absolute Gasteiger partial charge is 0.491 e. The van der Waals surface area contributed by atoms with E-state index in [9.17, 15) is 9.59 Å². The first-order chi connectivity index (χ1) is 17.2. The first-order valence-electron chi connectivity index (χ1n) is 12.9. The number of rotatable bonds is 12. The monoisotopic (exact) mass is 495 g/mol. The summed E-state index contributed by atoms with van der Waals surface area (Å²) in [6.07, 6.45) is 7.82. The number of aryl methyl sites for hydroxylation is 1. The Morgan fingerprint density at radius 1 is 1.06 bits per heavy atom. The third-order valence-electron chi connectivity index (χ3n) is 7.14. The molecule has 8 nitrogen and oxygen atoms in total. The van der Waals surface area contributed by atoms with Crippen molar-refractivity contribution < 1.29 is 4.74 Å². The Kier molecular flexibility index (Phi) is 9.31. The molecule has 1 aromatic heterocycles. The van der Waals surface area contributed by atoms with Crippen LogP contribution in [-0.2, 0) is 13.6 Å². The highest BCUT2D eigenvalue weighted by molar-refractivity contribution is 5.80. The van der Waals surface area contributed by atoms with E-state index >= 15 is 0 Å². The fourth-order valence-electron chi connectivity index (χ4n) is 4.28. The van der Waals surface area contributed by atoms with Crippen LogP contribution in [0.15, 0.2) is 41.1 Å². The molecule has 8 heteroatoms. The molecule has 1 aromatic carbocycles. The van der Waals surface area contributed by atoms with Gasteiger partial charge in [-0.25, -0.2) is 9.48 Å². The van der Waals surface area contributed by atoms with Crippen molar-refractivity contribution in [2.45, 2.75) is 46.6 Å². The summed E-state index contributed by atoms with van der Waals surface area (Å²) in [4.78, 5) is 28.5. The minimum Gasteiger partial charge on any atom is -0.491 e. The van der Waals surface area contributed by atoms with Crippen LogP contribution in [0.4, 0.5) is 5.69 Å². The summed E-state index contributed by atoms with van der Waals surface area (Å²) in [5.74, 6) is 0.903. The standard InChI is InChI=1S/C28H41N5O3/c1-7-22-12-13-24(36-21-28(4,5)9-3)26(23(22)8-2)32-18-16-31(17-19-32)14-10-11-15-33-27(35)30(6)25(34)20-29-33/h7-8,12-13,20H,1-2,9-11,14-19,21H2,3-6H3. The molecule has 1 fully saturated rings. The third-order valence-corrected chi connectivity index (χ3v) is 7.14. The zero-order valence-electron chi connectivity index (χ0n) is 22.3. The number of hydrogen-bond acceptors (Lipinski definition) is 6. The average molecular weight is 496 g/mol. The maximum atomic E-state index is 12.1. The minimum atomic E-state index is -0.380. The molecule has 1 aliphatic rings. The fraction of sp³-hybridized carbons (Fsp3) is 0.536. The van der Waals surface area contributed by atoms with Gasteiger partial charge < -0.3 is 9.64 Å². The van der Waals surface area contributed by atoms with Crippen molar-refractivity contribution in [3.8, 4) is 5.75 Å². The summed E-state index contributed by atoms with van der Waals surface area (Å²) < 4.78 is 8.82. The van der Waals surface area contributed by atoms with Gasteiger partial charge in [0, 0.05) is 45.3 Å². The Balaban J connectivity index is 1.61. The first-order valence-corrected chi connectivity index (χ1v) is 12.9. The molecular formula is C28H41N5O3. The molecular weight excluding hydrogens is 454 g/mol. The first kappa shape index (κ1) is 27.5. The molecule has 36 heavy (non-hydrogen) atoms. The maximum Gasteiger partial charge on any atom is 0.347 e. The molecule has 0 aliphatic carbocycles. The van der Waals surface area contributed by atoms with Gasteiger partial charge >= 0.3 is 5.69 Å². The van der Waals surface area contributed by atoms with E-state index < -0.39 is 0 Å². The van der Waals surface area contributed by atoms with Gasteiger partial charge in [-0.3, -0.25) is 14.3 Å². The van der Waals surface area contributed by atoms with E-state index in [1.54, 1.807) is 0 Å². The van der Waals surface area contributed by atoms with Crippen LogP contribution in [0.3, 0.4) is 0 Å². The second kappa shape index (κ2) is 12.2. The lowest BCUT2D eigenvalue weighted by Crippen LogP contribution is -2.47. The SMILES string of the molecule is C=Cc1ccc(OCC(C)(C)CC)c(N2CCN(CCCCn3ncc(=O)n(C)c3=O)CC2)c1C=C. The normalized spacial score (nSPS) is 14.6. The molecule has 0 spiro atoms. The number of aromatic nitrogens is 3.